The van der Waals surface area contributed by atoms with E-state index < -0.39 is 17.9 Å². The van der Waals surface area contributed by atoms with Crippen molar-refractivity contribution in [2.75, 3.05) is 13.1 Å². The minimum Gasteiger partial charge on any atom is -0.481 e. The maximum absolute atomic E-state index is 13.0. The van der Waals surface area contributed by atoms with Crippen LogP contribution in [-0.4, -0.2) is 46.9 Å². The third-order valence-electron chi connectivity index (χ3n) is 4.78. The topological polar surface area (TPSA) is 86.7 Å². The van der Waals surface area contributed by atoms with Gasteiger partial charge in [0.1, 0.15) is 6.04 Å². The van der Waals surface area contributed by atoms with Gasteiger partial charge in [0, 0.05) is 18.7 Å². The van der Waals surface area contributed by atoms with Crippen LogP contribution in [0.2, 0.25) is 0 Å². The summed E-state index contributed by atoms with van der Waals surface area (Å²) in [5.41, 5.74) is 1.40. The predicted molar refractivity (Wildman–Crippen MR) is 98.8 cm³/mol. The lowest BCUT2D eigenvalue weighted by Crippen LogP contribution is -2.52. The number of aryl methyl sites for hydroxylation is 1. The molecule has 2 N–H and O–H groups in total. The third-order valence-corrected chi connectivity index (χ3v) is 4.78. The molecule has 1 aliphatic rings. The number of carbonyl (C=O) groups is 3. The number of piperidine rings is 1. The summed E-state index contributed by atoms with van der Waals surface area (Å²) in [5.74, 6) is -1.63. The highest BCUT2D eigenvalue weighted by Crippen LogP contribution is 2.19. The second kappa shape index (κ2) is 8.83. The van der Waals surface area contributed by atoms with Crippen LogP contribution in [0.25, 0.3) is 0 Å². The minimum atomic E-state index is -0.869. The van der Waals surface area contributed by atoms with Gasteiger partial charge in [-0.3, -0.25) is 14.4 Å². The van der Waals surface area contributed by atoms with Crippen LogP contribution in [0.3, 0.4) is 0 Å². The SMILES string of the molecule is Cc1ccccc1C(=O)NC(CC(C)C)C(=O)N1CCC[C@H](C(=O)O)C1. The van der Waals surface area contributed by atoms with Crippen LogP contribution in [0.15, 0.2) is 24.3 Å². The summed E-state index contributed by atoms with van der Waals surface area (Å²) in [6.45, 7) is 6.60. The van der Waals surface area contributed by atoms with Crippen LogP contribution in [0, 0.1) is 18.8 Å². The van der Waals surface area contributed by atoms with E-state index in [1.54, 1.807) is 17.0 Å². The van der Waals surface area contributed by atoms with Crippen LogP contribution in [0.4, 0.5) is 0 Å². The molecule has 1 unspecified atom stereocenters. The molecule has 2 amide bonds. The number of hydrogen-bond acceptors (Lipinski definition) is 3. The largest absolute Gasteiger partial charge is 0.481 e. The van der Waals surface area contributed by atoms with Crippen molar-refractivity contribution in [2.24, 2.45) is 11.8 Å². The van der Waals surface area contributed by atoms with Gasteiger partial charge in [-0.2, -0.15) is 0 Å². The molecule has 0 radical (unpaired) electrons. The molecule has 1 fully saturated rings. The number of hydrogen-bond donors (Lipinski definition) is 2. The highest BCUT2D eigenvalue weighted by molar-refractivity contribution is 5.98. The average Bonchev–Trinajstić information content (AvgIpc) is 2.60. The van der Waals surface area contributed by atoms with E-state index in [0.717, 1.165) is 5.56 Å². The molecule has 142 valence electrons. The Labute approximate surface area is 154 Å². The first-order valence-electron chi connectivity index (χ1n) is 9.17. The first-order valence-corrected chi connectivity index (χ1v) is 9.17. The molecule has 1 aromatic carbocycles. The van der Waals surface area contributed by atoms with Crippen molar-refractivity contribution in [3.63, 3.8) is 0 Å². The summed E-state index contributed by atoms with van der Waals surface area (Å²) in [7, 11) is 0. The molecule has 0 aliphatic carbocycles. The number of carbonyl (C=O) groups excluding carboxylic acids is 2. The van der Waals surface area contributed by atoms with E-state index in [9.17, 15) is 19.5 Å². The number of nitrogens with zero attached hydrogens (tertiary/aromatic N) is 1. The maximum Gasteiger partial charge on any atom is 0.308 e. The van der Waals surface area contributed by atoms with E-state index in [-0.39, 0.29) is 24.3 Å². The molecule has 2 atom stereocenters. The number of rotatable bonds is 6. The van der Waals surface area contributed by atoms with Crippen molar-refractivity contribution >= 4 is 17.8 Å². The molecule has 2 rings (SSSR count). The molecule has 1 aliphatic heterocycles. The van der Waals surface area contributed by atoms with Crippen molar-refractivity contribution in [3.05, 3.63) is 35.4 Å². The van der Waals surface area contributed by atoms with E-state index in [4.69, 9.17) is 0 Å². The average molecular weight is 360 g/mol. The number of benzene rings is 1. The monoisotopic (exact) mass is 360 g/mol. The lowest BCUT2D eigenvalue weighted by atomic mass is 9.96. The Hall–Kier alpha value is -2.37. The van der Waals surface area contributed by atoms with E-state index in [2.05, 4.69) is 5.32 Å². The zero-order valence-corrected chi connectivity index (χ0v) is 15.7. The molecule has 26 heavy (non-hydrogen) atoms. The second-order valence-corrected chi connectivity index (χ2v) is 7.43. The normalized spacial score (nSPS) is 18.5. The standard InChI is InChI=1S/C20H28N2O4/c1-13(2)11-17(21-18(23)16-9-5-4-7-14(16)3)19(24)22-10-6-8-15(12-22)20(25)26/h4-5,7,9,13,15,17H,6,8,10-12H2,1-3H3,(H,21,23)(H,25,26)/t15-,17?/m0/s1. The fraction of sp³-hybridized carbons (Fsp3) is 0.550. The number of likely N-dealkylation sites (tertiary alicyclic amines) is 1. The molecule has 1 heterocycles. The van der Waals surface area contributed by atoms with Gasteiger partial charge in [-0.1, -0.05) is 32.0 Å². The molecular formula is C20H28N2O4. The highest BCUT2D eigenvalue weighted by Gasteiger charge is 2.33. The Bertz CT molecular complexity index is 672. The highest BCUT2D eigenvalue weighted by atomic mass is 16.4. The number of amides is 2. The number of aliphatic carboxylic acids is 1. The van der Waals surface area contributed by atoms with Crippen LogP contribution in [0.1, 0.15) is 49.0 Å². The Morgan fingerprint density at radius 2 is 1.96 bits per heavy atom. The molecule has 0 bridgehead atoms. The second-order valence-electron chi connectivity index (χ2n) is 7.43. The summed E-state index contributed by atoms with van der Waals surface area (Å²) in [5, 5.41) is 12.1. The predicted octanol–water partition coefficient (Wildman–Crippen LogP) is 2.46. The zero-order valence-electron chi connectivity index (χ0n) is 15.7. The van der Waals surface area contributed by atoms with Gasteiger partial charge in [0.05, 0.1) is 5.92 Å². The fourth-order valence-corrected chi connectivity index (χ4v) is 3.36. The van der Waals surface area contributed by atoms with Gasteiger partial charge in [0.2, 0.25) is 5.91 Å². The number of carboxylic acids is 1. The molecule has 1 saturated heterocycles. The van der Waals surface area contributed by atoms with Crippen LogP contribution < -0.4 is 5.32 Å². The van der Waals surface area contributed by atoms with Crippen LogP contribution >= 0.6 is 0 Å². The molecule has 0 saturated carbocycles. The van der Waals surface area contributed by atoms with E-state index >= 15 is 0 Å². The smallest absolute Gasteiger partial charge is 0.308 e. The number of carboxylic acid groups (broad SMARTS) is 1. The van der Waals surface area contributed by atoms with E-state index in [1.165, 1.54) is 0 Å². The molecule has 1 aromatic rings. The quantitative estimate of drug-likeness (QED) is 0.816. The maximum atomic E-state index is 13.0. The Morgan fingerprint density at radius 3 is 2.58 bits per heavy atom. The summed E-state index contributed by atoms with van der Waals surface area (Å²) in [6, 6.07) is 6.61. The molecule has 6 nitrogen and oxygen atoms in total. The van der Waals surface area contributed by atoms with Crippen molar-refractivity contribution in [1.29, 1.82) is 0 Å². The van der Waals surface area contributed by atoms with Gasteiger partial charge < -0.3 is 15.3 Å². The summed E-state index contributed by atoms with van der Waals surface area (Å²) in [6.07, 6.45) is 1.77. The van der Waals surface area contributed by atoms with Crippen LogP contribution in [0.5, 0.6) is 0 Å². The first-order chi connectivity index (χ1) is 12.3. The van der Waals surface area contributed by atoms with E-state index in [1.807, 2.05) is 32.9 Å². The summed E-state index contributed by atoms with van der Waals surface area (Å²) >= 11 is 0. The zero-order chi connectivity index (χ0) is 19.3. The van der Waals surface area contributed by atoms with Gasteiger partial charge in [0.15, 0.2) is 0 Å². The van der Waals surface area contributed by atoms with Gasteiger partial charge in [-0.25, -0.2) is 0 Å². The van der Waals surface area contributed by atoms with Crippen LogP contribution in [-0.2, 0) is 9.59 Å². The van der Waals surface area contributed by atoms with Crippen molar-refractivity contribution < 1.29 is 19.5 Å². The van der Waals surface area contributed by atoms with Gasteiger partial charge in [0.25, 0.3) is 5.91 Å². The molecule has 0 aromatic heterocycles. The van der Waals surface area contributed by atoms with Crippen molar-refractivity contribution in [3.8, 4) is 0 Å². The molecule has 0 spiro atoms. The van der Waals surface area contributed by atoms with Crippen molar-refractivity contribution in [2.45, 2.75) is 46.1 Å². The van der Waals surface area contributed by atoms with Gasteiger partial charge >= 0.3 is 5.97 Å². The minimum absolute atomic E-state index is 0.188. The Kier molecular flexibility index (Phi) is 6.77. The summed E-state index contributed by atoms with van der Waals surface area (Å²) in [4.78, 5) is 38.5. The Morgan fingerprint density at radius 1 is 1.27 bits per heavy atom. The number of nitrogens with one attached hydrogen (secondary N) is 1. The summed E-state index contributed by atoms with van der Waals surface area (Å²) < 4.78 is 0. The molecular weight excluding hydrogens is 332 g/mol. The van der Waals surface area contributed by atoms with Gasteiger partial charge in [-0.05, 0) is 43.7 Å². The fourth-order valence-electron chi connectivity index (χ4n) is 3.36. The lowest BCUT2D eigenvalue weighted by Gasteiger charge is -2.34. The first kappa shape index (κ1) is 19.9. The molecule has 6 heteroatoms. The van der Waals surface area contributed by atoms with Gasteiger partial charge in [-0.15, -0.1) is 0 Å². The Balaban J connectivity index is 2.13. The van der Waals surface area contributed by atoms with E-state index in [0.29, 0.717) is 31.4 Å². The van der Waals surface area contributed by atoms with Crippen molar-refractivity contribution in [1.82, 2.24) is 10.2 Å². The lowest BCUT2D eigenvalue weighted by molar-refractivity contribution is -0.146. The third kappa shape index (κ3) is 5.07.